The number of rotatable bonds is 10. The number of carbonyl (C=O) groups excluding carboxylic acids is 2. The zero-order chi connectivity index (χ0) is 30.2. The molecule has 0 radical (unpaired) electrons. The highest BCUT2D eigenvalue weighted by atomic mass is 35.5. The van der Waals surface area contributed by atoms with E-state index in [1.165, 1.54) is 19.3 Å². The van der Waals surface area contributed by atoms with Crippen molar-refractivity contribution in [3.8, 4) is 0 Å². The number of aliphatic imine (C=N–C) groups is 1. The van der Waals surface area contributed by atoms with Crippen molar-refractivity contribution in [1.29, 1.82) is 5.41 Å². The van der Waals surface area contributed by atoms with E-state index in [-0.39, 0.29) is 53.9 Å². The van der Waals surface area contributed by atoms with Gasteiger partial charge in [0, 0.05) is 18.6 Å². The summed E-state index contributed by atoms with van der Waals surface area (Å²) >= 11 is 12.3. The summed E-state index contributed by atoms with van der Waals surface area (Å²) in [5, 5.41) is 17.1. The van der Waals surface area contributed by atoms with E-state index in [4.69, 9.17) is 33.3 Å². The topological polar surface area (TPSA) is 133 Å². The summed E-state index contributed by atoms with van der Waals surface area (Å²) in [6, 6.07) is -0.869. The van der Waals surface area contributed by atoms with Crippen LogP contribution in [0.3, 0.4) is 0 Å². The fourth-order valence-electron chi connectivity index (χ4n) is 5.96. The normalized spacial score (nSPS) is 28.8. The van der Waals surface area contributed by atoms with Crippen molar-refractivity contribution < 1.29 is 37.4 Å². The first-order valence-electron chi connectivity index (χ1n) is 13.4. The SMILES string of the molecule is CC1(C(=O)O)CCC(N=C(C(C=N)C(=O)N(CC(=O)c2c(Cl)cncc2Cl)CC23CCC(CC2)O3)C(F)(F)F)CC1. The van der Waals surface area contributed by atoms with E-state index >= 15 is 0 Å². The van der Waals surface area contributed by atoms with Gasteiger partial charge in [-0.15, -0.1) is 0 Å². The van der Waals surface area contributed by atoms with Crippen LogP contribution >= 0.6 is 23.2 Å². The minimum atomic E-state index is -5.06. The number of halogens is 5. The molecule has 2 saturated heterocycles. The second-order valence-electron chi connectivity index (χ2n) is 11.3. The van der Waals surface area contributed by atoms with Crippen LogP contribution in [0.2, 0.25) is 10.0 Å². The van der Waals surface area contributed by atoms with Gasteiger partial charge in [-0.25, -0.2) is 0 Å². The van der Waals surface area contributed by atoms with Gasteiger partial charge in [0.15, 0.2) is 5.78 Å². The molecule has 2 N–H and O–H groups in total. The van der Waals surface area contributed by atoms with Gasteiger partial charge < -0.3 is 20.2 Å². The van der Waals surface area contributed by atoms with Crippen LogP contribution in [-0.2, 0) is 14.3 Å². The van der Waals surface area contributed by atoms with Crippen LogP contribution in [0.4, 0.5) is 13.2 Å². The number of nitrogens with zero attached hydrogens (tertiary/aromatic N) is 3. The average Bonchev–Trinajstić information content (AvgIpc) is 3.49. The number of carbonyl (C=O) groups is 3. The molecule has 2 bridgehead atoms. The molecule has 1 atom stereocenters. The van der Waals surface area contributed by atoms with Crippen LogP contribution in [0.25, 0.3) is 0 Å². The number of amides is 1. The Balaban J connectivity index is 1.64. The van der Waals surface area contributed by atoms with Crippen LogP contribution in [0, 0.1) is 16.7 Å². The minimum absolute atomic E-state index is 0.0136. The summed E-state index contributed by atoms with van der Waals surface area (Å²) in [5.74, 6) is -4.96. The molecule has 1 aliphatic carbocycles. The lowest BCUT2D eigenvalue weighted by Crippen LogP contribution is -2.51. The Hall–Kier alpha value is -2.57. The van der Waals surface area contributed by atoms with Gasteiger partial charge in [-0.1, -0.05) is 23.2 Å². The quantitative estimate of drug-likeness (QED) is 0.266. The minimum Gasteiger partial charge on any atom is -0.481 e. The zero-order valence-electron chi connectivity index (χ0n) is 22.3. The molecule has 41 heavy (non-hydrogen) atoms. The molecule has 1 aromatic heterocycles. The van der Waals surface area contributed by atoms with Crippen LogP contribution < -0.4 is 0 Å². The Morgan fingerprint density at radius 3 is 2.22 bits per heavy atom. The predicted molar refractivity (Wildman–Crippen MR) is 145 cm³/mol. The molecule has 1 unspecified atom stereocenters. The molecule has 0 aromatic carbocycles. The maximum Gasteiger partial charge on any atom is 0.430 e. The van der Waals surface area contributed by atoms with Gasteiger partial charge in [0.2, 0.25) is 5.91 Å². The number of hydrogen-bond donors (Lipinski definition) is 2. The van der Waals surface area contributed by atoms with E-state index in [1.54, 1.807) is 0 Å². The molecule has 4 rings (SSSR count). The number of ketones is 1. The van der Waals surface area contributed by atoms with E-state index in [2.05, 4.69) is 9.98 Å². The number of fused-ring (bicyclic) bond motifs is 2. The van der Waals surface area contributed by atoms with Crippen molar-refractivity contribution in [1.82, 2.24) is 9.88 Å². The van der Waals surface area contributed by atoms with Crippen LogP contribution in [0.1, 0.15) is 68.6 Å². The van der Waals surface area contributed by atoms with Crippen LogP contribution in [0.5, 0.6) is 0 Å². The maximum absolute atomic E-state index is 14.4. The molecule has 0 spiro atoms. The lowest BCUT2D eigenvalue weighted by Gasteiger charge is -2.35. The van der Waals surface area contributed by atoms with Crippen molar-refractivity contribution in [3.05, 3.63) is 28.0 Å². The van der Waals surface area contributed by atoms with Crippen molar-refractivity contribution in [3.63, 3.8) is 0 Å². The third-order valence-electron chi connectivity index (χ3n) is 8.43. The largest absolute Gasteiger partial charge is 0.481 e. The Kier molecular flexibility index (Phi) is 9.15. The first-order valence-corrected chi connectivity index (χ1v) is 14.1. The number of ether oxygens (including phenoxy) is 1. The average molecular weight is 619 g/mol. The molecule has 1 amide bonds. The Morgan fingerprint density at radius 2 is 1.76 bits per heavy atom. The highest BCUT2D eigenvalue weighted by Gasteiger charge is 2.50. The molecule has 2 aliphatic heterocycles. The van der Waals surface area contributed by atoms with Gasteiger partial charge in [-0.2, -0.15) is 13.2 Å². The van der Waals surface area contributed by atoms with Gasteiger partial charge in [-0.05, 0) is 58.3 Å². The number of aliphatic carboxylic acids is 1. The Bertz CT molecular complexity index is 1220. The van der Waals surface area contributed by atoms with Crippen molar-refractivity contribution >= 4 is 52.8 Å². The molecule has 9 nitrogen and oxygen atoms in total. The van der Waals surface area contributed by atoms with Crippen molar-refractivity contribution in [2.45, 2.75) is 82.2 Å². The number of nitrogens with one attached hydrogen (secondary N) is 1. The molecule has 3 aliphatic rings. The number of pyridine rings is 1. The summed E-state index contributed by atoms with van der Waals surface area (Å²) in [5.41, 5.74) is -3.43. The lowest BCUT2D eigenvalue weighted by atomic mass is 9.74. The smallest absolute Gasteiger partial charge is 0.430 e. The van der Waals surface area contributed by atoms with E-state index < -0.39 is 59.1 Å². The van der Waals surface area contributed by atoms with Gasteiger partial charge in [0.05, 0.1) is 51.9 Å². The third kappa shape index (κ3) is 6.75. The number of carboxylic acids is 1. The Morgan fingerprint density at radius 1 is 1.17 bits per heavy atom. The maximum atomic E-state index is 14.4. The highest BCUT2D eigenvalue weighted by Crippen LogP contribution is 2.44. The third-order valence-corrected chi connectivity index (χ3v) is 9.01. The highest BCUT2D eigenvalue weighted by molar-refractivity contribution is 6.39. The molecule has 14 heteroatoms. The first kappa shape index (κ1) is 31.4. The summed E-state index contributed by atoms with van der Waals surface area (Å²) in [7, 11) is 0. The predicted octanol–water partition coefficient (Wildman–Crippen LogP) is 5.41. The summed E-state index contributed by atoms with van der Waals surface area (Å²) in [4.78, 5) is 47.4. The summed E-state index contributed by atoms with van der Waals surface area (Å²) in [6.07, 6.45) is 0.743. The second kappa shape index (κ2) is 12.0. The molecule has 1 aromatic rings. The zero-order valence-corrected chi connectivity index (χ0v) is 23.9. The Labute approximate surface area is 244 Å². The van der Waals surface area contributed by atoms with Gasteiger partial charge in [0.25, 0.3) is 0 Å². The van der Waals surface area contributed by atoms with Gasteiger partial charge >= 0.3 is 12.1 Å². The standard InChI is InChI=1S/C27H31Cl2F3N4O5/c1-25(24(39)40)6-2-15(3-7-25)35-22(27(30,31)32)17(10-33)23(38)36(14-26-8-4-16(41-26)5-9-26)13-20(37)21-18(28)11-34-12-19(21)29/h10-12,15-17,33H,2-9,13-14H2,1H3,(H,39,40). The fraction of sp³-hybridized carbons (Fsp3) is 0.630. The second-order valence-corrected chi connectivity index (χ2v) is 12.2. The molecule has 3 fully saturated rings. The van der Waals surface area contributed by atoms with E-state index in [0.29, 0.717) is 19.1 Å². The fourth-order valence-corrected chi connectivity index (χ4v) is 6.54. The van der Waals surface area contributed by atoms with E-state index in [0.717, 1.165) is 17.7 Å². The van der Waals surface area contributed by atoms with Crippen molar-refractivity contribution in [2.75, 3.05) is 13.1 Å². The number of Topliss-reactive ketones (excluding diaryl/α,β-unsaturated/α-hetero) is 1. The molecule has 224 valence electrons. The van der Waals surface area contributed by atoms with Crippen LogP contribution in [0.15, 0.2) is 17.4 Å². The molecular weight excluding hydrogens is 588 g/mol. The van der Waals surface area contributed by atoms with Gasteiger partial charge in [-0.3, -0.25) is 24.4 Å². The first-order chi connectivity index (χ1) is 19.2. The lowest BCUT2D eigenvalue weighted by molar-refractivity contribution is -0.149. The van der Waals surface area contributed by atoms with E-state index in [9.17, 15) is 32.7 Å². The number of hydrogen-bond acceptors (Lipinski definition) is 7. The summed E-state index contributed by atoms with van der Waals surface area (Å²) in [6.45, 7) is 0.746. The summed E-state index contributed by atoms with van der Waals surface area (Å²) < 4.78 is 49.2. The number of aromatic nitrogens is 1. The molecule has 1 saturated carbocycles. The number of carboxylic acid groups (broad SMARTS) is 1. The monoisotopic (exact) mass is 618 g/mol. The van der Waals surface area contributed by atoms with Crippen LogP contribution in [-0.4, -0.2) is 81.6 Å². The van der Waals surface area contributed by atoms with Crippen molar-refractivity contribution in [2.24, 2.45) is 16.3 Å². The number of alkyl halides is 3. The van der Waals surface area contributed by atoms with E-state index in [1.807, 2.05) is 0 Å². The molecule has 3 heterocycles. The van der Waals surface area contributed by atoms with Gasteiger partial charge in [0.1, 0.15) is 11.6 Å². The molecular formula is C27H31Cl2F3N4O5.